The minimum atomic E-state index is -0.327. The molecule has 4 heterocycles. The van der Waals surface area contributed by atoms with Gasteiger partial charge >= 0.3 is 0 Å². The van der Waals surface area contributed by atoms with Crippen molar-refractivity contribution in [2.75, 3.05) is 50.0 Å². The third kappa shape index (κ3) is 7.36. The van der Waals surface area contributed by atoms with Crippen molar-refractivity contribution in [3.05, 3.63) is 106 Å². The van der Waals surface area contributed by atoms with Crippen molar-refractivity contribution < 1.29 is 4.74 Å². The van der Waals surface area contributed by atoms with E-state index in [0.717, 1.165) is 70.5 Å². The number of piperidine rings is 1. The van der Waals surface area contributed by atoms with Gasteiger partial charge in [0.05, 0.1) is 29.8 Å². The van der Waals surface area contributed by atoms with E-state index >= 15 is 0 Å². The van der Waals surface area contributed by atoms with E-state index in [0.29, 0.717) is 32.3 Å². The maximum absolute atomic E-state index is 13.5. The number of thiophene rings is 1. The zero-order valence-corrected chi connectivity index (χ0v) is 28.1. The monoisotopic (exact) mass is 675 g/mol. The number of nitrogens with two attached hydrogens (primary N) is 2. The van der Waals surface area contributed by atoms with Crippen LogP contribution < -0.4 is 32.0 Å². The Morgan fingerprint density at radius 1 is 1.00 bits per heavy atom. The third-order valence-corrected chi connectivity index (χ3v) is 10.2. The second-order valence-electron chi connectivity index (χ2n) is 12.4. The van der Waals surface area contributed by atoms with Crippen LogP contribution in [-0.2, 0) is 6.54 Å². The molecule has 0 radical (unpaired) electrons. The quantitative estimate of drug-likeness (QED) is 0.133. The van der Waals surface area contributed by atoms with E-state index in [9.17, 15) is 4.79 Å². The summed E-state index contributed by atoms with van der Waals surface area (Å²) in [5, 5.41) is 3.77. The van der Waals surface area contributed by atoms with Gasteiger partial charge < -0.3 is 31.3 Å². The fourth-order valence-corrected chi connectivity index (χ4v) is 7.71. The Morgan fingerprint density at radius 3 is 2.55 bits per heavy atom. The van der Waals surface area contributed by atoms with Crippen molar-refractivity contribution in [2.24, 2.45) is 15.7 Å². The molecule has 2 aliphatic rings. The Kier molecular flexibility index (Phi) is 9.96. The van der Waals surface area contributed by atoms with E-state index < -0.39 is 0 Å². The van der Waals surface area contributed by atoms with Crippen molar-refractivity contribution in [3.63, 3.8) is 0 Å². The minimum Gasteiger partial charge on any atom is -0.490 e. The van der Waals surface area contributed by atoms with E-state index in [1.54, 1.807) is 15.9 Å². The van der Waals surface area contributed by atoms with Crippen LogP contribution in [0.4, 0.5) is 17.2 Å². The molecule has 49 heavy (non-hydrogen) atoms. The molecular formula is C37H41N9O2S. The fraction of sp³-hybridized carbons (Fsp3) is 0.297. The average Bonchev–Trinajstić information content (AvgIpc) is 3.55. The number of hydrogen-bond acceptors (Lipinski definition) is 9. The van der Waals surface area contributed by atoms with Gasteiger partial charge in [0.25, 0.3) is 5.56 Å². The SMILES string of the molecule is NC=NC=NC[C@@H](CN1CCC(NCc2cc3c(nc(N)c(=O)n3-c3ccc4c(c3)N(c3ccccc3)CCO4)s2)CC1)c1ccccc1. The van der Waals surface area contributed by atoms with Crippen molar-refractivity contribution in [3.8, 4) is 11.4 Å². The number of para-hydroxylation sites is 1. The molecule has 12 heteroatoms. The molecule has 0 amide bonds. The highest BCUT2D eigenvalue weighted by molar-refractivity contribution is 7.18. The normalized spacial score (nSPS) is 16.4. The Hall–Kier alpha value is -5.04. The summed E-state index contributed by atoms with van der Waals surface area (Å²) in [5.74, 6) is 1.06. The number of aliphatic imine (C=N–C) groups is 2. The Bertz CT molecular complexity index is 1990. The van der Waals surface area contributed by atoms with Crippen LogP contribution in [0.15, 0.2) is 99.7 Å². The van der Waals surface area contributed by atoms with Gasteiger partial charge in [0.1, 0.15) is 23.5 Å². The van der Waals surface area contributed by atoms with Crippen LogP contribution in [0.2, 0.25) is 0 Å². The van der Waals surface area contributed by atoms with Crippen LogP contribution in [0.25, 0.3) is 16.0 Å². The van der Waals surface area contributed by atoms with Crippen LogP contribution in [0.5, 0.6) is 5.75 Å². The van der Waals surface area contributed by atoms with Gasteiger partial charge in [-0.1, -0.05) is 48.5 Å². The lowest BCUT2D eigenvalue weighted by molar-refractivity contribution is 0.188. The molecule has 0 saturated carbocycles. The first-order chi connectivity index (χ1) is 24.1. The lowest BCUT2D eigenvalue weighted by Gasteiger charge is -2.34. The maximum atomic E-state index is 13.5. The van der Waals surface area contributed by atoms with E-state index in [4.69, 9.17) is 16.2 Å². The zero-order chi connectivity index (χ0) is 33.6. The molecule has 0 unspecified atom stereocenters. The number of nitrogens with zero attached hydrogens (tertiary/aromatic N) is 6. The lowest BCUT2D eigenvalue weighted by Crippen LogP contribution is -2.43. The molecule has 1 atom stereocenters. The number of nitrogen functional groups attached to an aromatic ring is 1. The molecule has 11 nitrogen and oxygen atoms in total. The Morgan fingerprint density at radius 2 is 1.78 bits per heavy atom. The second kappa shape index (κ2) is 15.0. The molecular weight excluding hydrogens is 635 g/mol. The molecule has 0 spiro atoms. The van der Waals surface area contributed by atoms with E-state index in [1.807, 2.05) is 42.5 Å². The minimum absolute atomic E-state index is 0.0123. The van der Waals surface area contributed by atoms with E-state index in [1.165, 1.54) is 18.2 Å². The molecule has 252 valence electrons. The number of fused-ring (bicyclic) bond motifs is 2. The second-order valence-corrected chi connectivity index (χ2v) is 13.5. The van der Waals surface area contributed by atoms with Gasteiger partial charge in [-0.2, -0.15) is 0 Å². The first-order valence-corrected chi connectivity index (χ1v) is 17.5. The summed E-state index contributed by atoms with van der Waals surface area (Å²) in [7, 11) is 0. The van der Waals surface area contributed by atoms with Gasteiger partial charge in [0.15, 0.2) is 5.82 Å². The Balaban J connectivity index is 1.04. The predicted octanol–water partition coefficient (Wildman–Crippen LogP) is 4.91. The summed E-state index contributed by atoms with van der Waals surface area (Å²) in [4.78, 5) is 33.0. The molecule has 1 fully saturated rings. The first kappa shape index (κ1) is 32.5. The molecule has 7 rings (SSSR count). The van der Waals surface area contributed by atoms with Gasteiger partial charge in [-0.3, -0.25) is 14.4 Å². The summed E-state index contributed by atoms with van der Waals surface area (Å²) in [6, 6.07) is 29.1. The maximum Gasteiger partial charge on any atom is 0.298 e. The van der Waals surface area contributed by atoms with Crippen molar-refractivity contribution >= 4 is 51.6 Å². The van der Waals surface area contributed by atoms with Gasteiger partial charge in [0.2, 0.25) is 0 Å². The molecule has 5 aromatic rings. The number of benzene rings is 3. The number of likely N-dealkylation sites (tertiary alicyclic amines) is 1. The number of ether oxygens (including phenoxy) is 1. The van der Waals surface area contributed by atoms with E-state index in [-0.39, 0.29) is 17.3 Å². The van der Waals surface area contributed by atoms with Crippen LogP contribution in [-0.4, -0.2) is 72.5 Å². The summed E-state index contributed by atoms with van der Waals surface area (Å²) in [6.45, 7) is 5.63. The molecule has 5 N–H and O–H groups in total. The van der Waals surface area contributed by atoms with Crippen molar-refractivity contribution in [1.82, 2.24) is 19.8 Å². The predicted molar refractivity (Wildman–Crippen MR) is 200 cm³/mol. The number of aromatic nitrogens is 2. The molecule has 3 aromatic carbocycles. The third-order valence-electron chi connectivity index (χ3n) is 9.22. The average molecular weight is 676 g/mol. The molecule has 2 aromatic heterocycles. The van der Waals surface area contributed by atoms with Gasteiger partial charge in [0, 0.05) is 42.2 Å². The van der Waals surface area contributed by atoms with E-state index in [2.05, 4.69) is 72.5 Å². The van der Waals surface area contributed by atoms with Crippen LogP contribution >= 0.6 is 11.3 Å². The van der Waals surface area contributed by atoms with Crippen molar-refractivity contribution in [2.45, 2.75) is 31.3 Å². The summed E-state index contributed by atoms with van der Waals surface area (Å²) >= 11 is 1.57. The van der Waals surface area contributed by atoms with Crippen molar-refractivity contribution in [1.29, 1.82) is 0 Å². The fourth-order valence-electron chi connectivity index (χ4n) is 6.74. The topological polar surface area (TPSA) is 139 Å². The molecule has 2 aliphatic heterocycles. The Labute approximate surface area is 289 Å². The van der Waals surface area contributed by atoms with Gasteiger partial charge in [-0.25, -0.2) is 9.98 Å². The number of anilines is 3. The smallest absolute Gasteiger partial charge is 0.298 e. The summed E-state index contributed by atoms with van der Waals surface area (Å²) in [6.07, 6.45) is 4.90. The summed E-state index contributed by atoms with van der Waals surface area (Å²) in [5.41, 5.74) is 16.0. The van der Waals surface area contributed by atoms with Crippen LogP contribution in [0.3, 0.4) is 0 Å². The van der Waals surface area contributed by atoms with Gasteiger partial charge in [-0.15, -0.1) is 11.3 Å². The van der Waals surface area contributed by atoms with Gasteiger partial charge in [-0.05, 0) is 67.9 Å². The lowest BCUT2D eigenvalue weighted by atomic mass is 9.96. The number of hydrogen-bond donors (Lipinski definition) is 3. The highest BCUT2D eigenvalue weighted by atomic mass is 32.1. The number of rotatable bonds is 11. The zero-order valence-electron chi connectivity index (χ0n) is 27.3. The highest BCUT2D eigenvalue weighted by Crippen LogP contribution is 2.38. The summed E-state index contributed by atoms with van der Waals surface area (Å²) < 4.78 is 7.67. The molecule has 0 aliphatic carbocycles. The van der Waals surface area contributed by atoms with Crippen LogP contribution in [0, 0.1) is 0 Å². The highest BCUT2D eigenvalue weighted by Gasteiger charge is 2.24. The number of nitrogens with one attached hydrogen (secondary N) is 1. The standard InChI is InChI=1S/C37H41N9O2S/c38-24-41-25-40-21-27(26-7-3-1-4-8-26)23-44-15-13-28(14-16-44)42-22-31-20-33-36(49-31)43-35(39)37(47)46(33)30-11-12-34-32(19-30)45(17-18-48-34)29-9-5-2-6-10-29/h1-12,19-20,24-25,27-28,42H,13-18,21-23H2,(H2,39,43)(H2,38,40,41)/t27-/m0/s1. The molecule has 1 saturated heterocycles. The largest absolute Gasteiger partial charge is 0.490 e. The molecule has 0 bridgehead atoms. The first-order valence-electron chi connectivity index (χ1n) is 16.7. The van der Waals surface area contributed by atoms with Crippen LogP contribution in [0.1, 0.15) is 29.2 Å².